The summed E-state index contributed by atoms with van der Waals surface area (Å²) in [6, 6.07) is 10.4. The van der Waals surface area contributed by atoms with Gasteiger partial charge in [0, 0.05) is 23.4 Å². The number of fused-ring (bicyclic) bond motifs is 3. The zero-order valence-corrected chi connectivity index (χ0v) is 21.1. The molecule has 0 amide bonds. The number of aromatic amines is 1. The van der Waals surface area contributed by atoms with Crippen molar-refractivity contribution in [3.63, 3.8) is 0 Å². The van der Waals surface area contributed by atoms with Crippen molar-refractivity contribution in [3.05, 3.63) is 92.2 Å². The van der Waals surface area contributed by atoms with Gasteiger partial charge in [-0.3, -0.25) is 24.3 Å². The summed E-state index contributed by atoms with van der Waals surface area (Å²) in [6.07, 6.45) is 1.16. The van der Waals surface area contributed by atoms with Crippen molar-refractivity contribution >= 4 is 17.3 Å². The Balaban J connectivity index is 1.52. The average Bonchev–Trinajstić information content (AvgIpc) is 3.39. The number of nitrogens with one attached hydrogen (secondary N) is 2. The van der Waals surface area contributed by atoms with E-state index in [0.29, 0.717) is 11.4 Å². The number of para-hydroxylation sites is 1. The van der Waals surface area contributed by atoms with E-state index in [1.165, 1.54) is 31.5 Å². The number of hydrogen-bond acceptors (Lipinski definition) is 8. The molecular weight excluding hydrogens is 490 g/mol. The molecule has 0 saturated heterocycles. The molecule has 0 spiro atoms. The van der Waals surface area contributed by atoms with E-state index in [0.717, 1.165) is 6.08 Å². The number of carbonyl (C=O) groups excluding carboxylic acids is 3. The number of benzene rings is 2. The number of Topliss-reactive ketones (excluding diaryl/α,β-unsaturated/α-hetero) is 2. The number of nitrogens with zero attached hydrogens (tertiary/aromatic N) is 1. The molecular formula is C28H25N3O7. The molecule has 10 nitrogen and oxygen atoms in total. The van der Waals surface area contributed by atoms with Crippen LogP contribution in [0.1, 0.15) is 48.0 Å². The Labute approximate surface area is 216 Å². The Morgan fingerprint density at radius 2 is 1.79 bits per heavy atom. The molecule has 0 unspecified atom stereocenters. The lowest BCUT2D eigenvalue weighted by Gasteiger charge is -2.29. The summed E-state index contributed by atoms with van der Waals surface area (Å²) in [6.45, 7) is 5.85. The summed E-state index contributed by atoms with van der Waals surface area (Å²) in [5.74, 6) is -2.77. The van der Waals surface area contributed by atoms with Crippen LogP contribution in [-0.4, -0.2) is 37.3 Å². The van der Waals surface area contributed by atoms with Crippen LogP contribution in [0.2, 0.25) is 0 Å². The van der Waals surface area contributed by atoms with E-state index in [9.17, 15) is 29.4 Å². The highest BCUT2D eigenvalue weighted by Gasteiger charge is 2.56. The van der Waals surface area contributed by atoms with Crippen LogP contribution in [0, 0.1) is 6.92 Å². The Bertz CT molecular complexity index is 1670. The minimum Gasteiger partial charge on any atom is -0.507 e. The van der Waals surface area contributed by atoms with E-state index in [4.69, 9.17) is 4.74 Å². The summed E-state index contributed by atoms with van der Waals surface area (Å²) in [5, 5.41) is 27.4. The maximum atomic E-state index is 13.9. The minimum atomic E-state index is -1.60. The van der Waals surface area contributed by atoms with Gasteiger partial charge >= 0.3 is 0 Å². The monoisotopic (exact) mass is 515 g/mol. The van der Waals surface area contributed by atoms with Crippen molar-refractivity contribution < 1.29 is 29.3 Å². The second-order valence-electron chi connectivity index (χ2n) is 9.53. The van der Waals surface area contributed by atoms with Gasteiger partial charge in [-0.2, -0.15) is 0 Å². The van der Waals surface area contributed by atoms with Gasteiger partial charge in [-0.15, -0.1) is 0 Å². The maximum absolute atomic E-state index is 13.9. The molecule has 0 fully saturated rings. The molecule has 0 bridgehead atoms. The summed E-state index contributed by atoms with van der Waals surface area (Å²) in [5.41, 5.74) is -0.674. The Morgan fingerprint density at radius 1 is 1.11 bits per heavy atom. The molecule has 1 aliphatic heterocycles. The molecule has 194 valence electrons. The van der Waals surface area contributed by atoms with Gasteiger partial charge in [0.05, 0.1) is 29.1 Å². The summed E-state index contributed by atoms with van der Waals surface area (Å²) < 4.78 is 7.15. The lowest BCUT2D eigenvalue weighted by Crippen LogP contribution is -2.41. The van der Waals surface area contributed by atoms with Gasteiger partial charge in [0.15, 0.2) is 17.3 Å². The van der Waals surface area contributed by atoms with E-state index >= 15 is 0 Å². The molecule has 1 atom stereocenters. The van der Waals surface area contributed by atoms with E-state index in [-0.39, 0.29) is 57.3 Å². The number of phenolic OH excluding ortho intramolecular Hbond substituents is 2. The third-order valence-corrected chi connectivity index (χ3v) is 7.09. The first-order valence-corrected chi connectivity index (χ1v) is 11.9. The predicted molar refractivity (Wildman–Crippen MR) is 137 cm³/mol. The van der Waals surface area contributed by atoms with Crippen molar-refractivity contribution in [2.24, 2.45) is 0 Å². The zero-order valence-electron chi connectivity index (χ0n) is 21.1. The van der Waals surface area contributed by atoms with Gasteiger partial charge in [0.25, 0.3) is 5.56 Å². The first kappa shape index (κ1) is 24.8. The van der Waals surface area contributed by atoms with Crippen molar-refractivity contribution in [2.75, 3.05) is 0 Å². The summed E-state index contributed by atoms with van der Waals surface area (Å²) in [7, 11) is 0. The van der Waals surface area contributed by atoms with Crippen LogP contribution in [0.25, 0.3) is 5.69 Å². The van der Waals surface area contributed by atoms with E-state index in [1.807, 2.05) is 18.2 Å². The molecule has 2 aliphatic rings. The lowest BCUT2D eigenvalue weighted by atomic mass is 9.70. The zero-order chi connectivity index (χ0) is 27.5. The topological polar surface area (TPSA) is 151 Å². The number of hydrogen-bond donors (Lipinski definition) is 4. The fourth-order valence-corrected chi connectivity index (χ4v) is 4.98. The Kier molecular flexibility index (Phi) is 5.63. The van der Waals surface area contributed by atoms with Crippen molar-refractivity contribution in [1.29, 1.82) is 0 Å². The van der Waals surface area contributed by atoms with Gasteiger partial charge in [-0.05, 0) is 39.8 Å². The third kappa shape index (κ3) is 3.48. The predicted octanol–water partition coefficient (Wildman–Crippen LogP) is 2.84. The van der Waals surface area contributed by atoms with Crippen molar-refractivity contribution in [1.82, 2.24) is 15.1 Å². The van der Waals surface area contributed by atoms with Crippen LogP contribution in [0.3, 0.4) is 0 Å². The number of aromatic hydroxyl groups is 2. The third-order valence-electron chi connectivity index (χ3n) is 7.09. The van der Waals surface area contributed by atoms with E-state index in [2.05, 4.69) is 10.4 Å². The van der Waals surface area contributed by atoms with Gasteiger partial charge in [0.1, 0.15) is 34.0 Å². The molecule has 5 rings (SSSR count). The lowest BCUT2D eigenvalue weighted by molar-refractivity contribution is -0.123. The first-order chi connectivity index (χ1) is 18.0. The fraction of sp³-hybridized carbons (Fsp3) is 0.214. The number of phenols is 2. The quantitative estimate of drug-likeness (QED) is 0.230. The van der Waals surface area contributed by atoms with Crippen LogP contribution in [0.4, 0.5) is 0 Å². The molecule has 4 N–H and O–H groups in total. The van der Waals surface area contributed by atoms with Crippen LogP contribution >= 0.6 is 0 Å². The smallest absolute Gasteiger partial charge is 0.271 e. The standard InChI is InChI=1S/C28H25N3O7/c1-13-24(35)22(15(3)32)26-23(25(13)36)28(4)19(38-26)11-18(33)21(27(28)37)14(2)29-12-16-10-20(34)31(30-16)17-8-6-5-7-9-17/h5-11,29-30,35-36H,12H2,1-4H3/b21-14+/t28-/m0/s1. The molecule has 0 radical (unpaired) electrons. The minimum absolute atomic E-state index is 0.0244. The number of ketones is 3. The normalized spacial score (nSPS) is 19.4. The van der Waals surface area contributed by atoms with Crippen LogP contribution in [-0.2, 0) is 21.5 Å². The number of carbonyl (C=O) groups is 3. The molecule has 3 aromatic rings. The highest BCUT2D eigenvalue weighted by Crippen LogP contribution is 2.57. The number of aromatic nitrogens is 2. The number of ether oxygens (including phenoxy) is 1. The number of H-pyrrole nitrogens is 1. The number of allylic oxidation sites excluding steroid dienone is 4. The molecule has 2 aromatic carbocycles. The summed E-state index contributed by atoms with van der Waals surface area (Å²) >= 11 is 0. The van der Waals surface area contributed by atoms with Gasteiger partial charge < -0.3 is 20.3 Å². The highest BCUT2D eigenvalue weighted by molar-refractivity contribution is 6.31. The fourth-order valence-electron chi connectivity index (χ4n) is 4.98. The Morgan fingerprint density at radius 3 is 2.45 bits per heavy atom. The first-order valence-electron chi connectivity index (χ1n) is 11.9. The van der Waals surface area contributed by atoms with Gasteiger partial charge in [-0.25, -0.2) is 4.68 Å². The van der Waals surface area contributed by atoms with Crippen molar-refractivity contribution in [2.45, 2.75) is 39.7 Å². The molecule has 1 aromatic heterocycles. The van der Waals surface area contributed by atoms with Crippen LogP contribution < -0.4 is 15.6 Å². The van der Waals surface area contributed by atoms with Gasteiger partial charge in [-0.1, -0.05) is 18.2 Å². The van der Waals surface area contributed by atoms with E-state index < -0.39 is 28.5 Å². The molecule has 2 heterocycles. The second kappa shape index (κ2) is 8.62. The van der Waals surface area contributed by atoms with Gasteiger partial charge in [0.2, 0.25) is 0 Å². The summed E-state index contributed by atoms with van der Waals surface area (Å²) in [4.78, 5) is 51.7. The maximum Gasteiger partial charge on any atom is 0.271 e. The highest BCUT2D eigenvalue weighted by atomic mass is 16.5. The SMILES string of the molecule is CC(=O)c1c(O)c(C)c(O)c2c1OC1=CC(=O)/C(=C(/C)NCc3cc(=O)n(-c4ccccc4)[nH]3)C(=O)[C@@]12C. The molecule has 10 heteroatoms. The Hall–Kier alpha value is -4.86. The average molecular weight is 516 g/mol. The second-order valence-corrected chi connectivity index (χ2v) is 9.53. The van der Waals surface area contributed by atoms with Crippen LogP contribution in [0.5, 0.6) is 17.2 Å². The molecule has 38 heavy (non-hydrogen) atoms. The molecule has 1 aliphatic carbocycles. The van der Waals surface area contributed by atoms with Crippen LogP contribution in [0.15, 0.2) is 64.3 Å². The number of rotatable bonds is 5. The molecule has 0 saturated carbocycles. The largest absolute Gasteiger partial charge is 0.507 e. The van der Waals surface area contributed by atoms with E-state index in [1.54, 1.807) is 19.1 Å². The van der Waals surface area contributed by atoms with Crippen molar-refractivity contribution in [3.8, 4) is 22.9 Å².